The van der Waals surface area contributed by atoms with E-state index in [2.05, 4.69) is 22.2 Å². The summed E-state index contributed by atoms with van der Waals surface area (Å²) in [7, 11) is 0. The van der Waals surface area contributed by atoms with Crippen molar-refractivity contribution in [3.63, 3.8) is 0 Å². The number of nitrogens with zero attached hydrogens (tertiary/aromatic N) is 3. The van der Waals surface area contributed by atoms with Gasteiger partial charge in [-0.1, -0.05) is 25.1 Å². The van der Waals surface area contributed by atoms with Gasteiger partial charge in [0.25, 0.3) is 5.91 Å². The molecule has 0 aliphatic rings. The van der Waals surface area contributed by atoms with E-state index in [9.17, 15) is 9.90 Å². The number of carbonyl (C=O) groups is 1. The number of benzene rings is 1. The van der Waals surface area contributed by atoms with Crippen LogP contribution in [0.1, 0.15) is 41.8 Å². The van der Waals surface area contributed by atoms with Crippen LogP contribution < -0.4 is 5.32 Å². The standard InChI is InChI=1S/C21H24N4O2/c1-3-20-22-10-12-25(20)13-11-23-21(27)17-7-4-6-16(14-17)19-9-5-8-18(24-19)15(2)26/h4-10,12,14-15,26H,3,11,13H2,1-2H3,(H,23,27). The number of pyridine rings is 1. The van der Waals surface area contributed by atoms with Gasteiger partial charge >= 0.3 is 0 Å². The Bertz CT molecular complexity index is 918. The van der Waals surface area contributed by atoms with Crippen LogP contribution in [0.25, 0.3) is 11.3 Å². The van der Waals surface area contributed by atoms with Crippen molar-refractivity contribution in [2.75, 3.05) is 6.54 Å². The first-order valence-corrected chi connectivity index (χ1v) is 9.12. The van der Waals surface area contributed by atoms with Gasteiger partial charge in [-0.2, -0.15) is 0 Å². The number of hydrogen-bond acceptors (Lipinski definition) is 4. The predicted molar refractivity (Wildman–Crippen MR) is 104 cm³/mol. The summed E-state index contributed by atoms with van der Waals surface area (Å²) in [5.74, 6) is 0.886. The molecule has 27 heavy (non-hydrogen) atoms. The summed E-state index contributed by atoms with van der Waals surface area (Å²) in [6.07, 6.45) is 3.93. The first-order chi connectivity index (χ1) is 13.1. The van der Waals surface area contributed by atoms with Gasteiger partial charge < -0.3 is 15.0 Å². The van der Waals surface area contributed by atoms with E-state index in [1.807, 2.05) is 41.1 Å². The van der Waals surface area contributed by atoms with E-state index in [0.717, 1.165) is 23.5 Å². The van der Waals surface area contributed by atoms with Gasteiger partial charge in [0, 0.05) is 43.0 Å². The second-order valence-electron chi connectivity index (χ2n) is 6.35. The summed E-state index contributed by atoms with van der Waals surface area (Å²) < 4.78 is 2.04. The Hall–Kier alpha value is -2.99. The topological polar surface area (TPSA) is 80.0 Å². The number of aliphatic hydroxyl groups is 1. The third kappa shape index (κ3) is 4.60. The second-order valence-corrected chi connectivity index (χ2v) is 6.35. The summed E-state index contributed by atoms with van der Waals surface area (Å²) in [6, 6.07) is 12.9. The maximum absolute atomic E-state index is 12.5. The van der Waals surface area contributed by atoms with Crippen LogP contribution in [0, 0.1) is 0 Å². The zero-order valence-electron chi connectivity index (χ0n) is 15.6. The van der Waals surface area contributed by atoms with E-state index in [4.69, 9.17) is 0 Å². The van der Waals surface area contributed by atoms with E-state index >= 15 is 0 Å². The van der Waals surface area contributed by atoms with Crippen LogP contribution in [0.2, 0.25) is 0 Å². The first kappa shape index (κ1) is 18.8. The molecule has 0 saturated heterocycles. The molecule has 0 aliphatic carbocycles. The van der Waals surface area contributed by atoms with Gasteiger partial charge in [-0.05, 0) is 31.2 Å². The lowest BCUT2D eigenvalue weighted by molar-refractivity contribution is 0.0952. The first-order valence-electron chi connectivity index (χ1n) is 9.12. The van der Waals surface area contributed by atoms with Crippen molar-refractivity contribution in [1.82, 2.24) is 19.9 Å². The fourth-order valence-corrected chi connectivity index (χ4v) is 2.91. The van der Waals surface area contributed by atoms with E-state index in [-0.39, 0.29) is 5.91 Å². The Morgan fingerprint density at radius 3 is 2.85 bits per heavy atom. The Balaban J connectivity index is 1.68. The highest BCUT2D eigenvalue weighted by molar-refractivity contribution is 5.95. The van der Waals surface area contributed by atoms with E-state index < -0.39 is 6.10 Å². The third-order valence-corrected chi connectivity index (χ3v) is 4.38. The number of aromatic nitrogens is 3. The molecule has 0 aliphatic heterocycles. The quantitative estimate of drug-likeness (QED) is 0.675. The molecule has 1 amide bonds. The number of nitrogens with one attached hydrogen (secondary N) is 1. The molecule has 3 aromatic rings. The molecule has 1 aromatic carbocycles. The molecule has 3 rings (SSSR count). The van der Waals surface area contributed by atoms with Gasteiger partial charge in [-0.15, -0.1) is 0 Å². The van der Waals surface area contributed by atoms with Gasteiger partial charge in [-0.25, -0.2) is 4.98 Å². The van der Waals surface area contributed by atoms with Crippen LogP contribution in [-0.2, 0) is 13.0 Å². The lowest BCUT2D eigenvalue weighted by Gasteiger charge is -2.10. The molecule has 2 N–H and O–H groups in total. The smallest absolute Gasteiger partial charge is 0.251 e. The molecular formula is C21H24N4O2. The zero-order valence-corrected chi connectivity index (χ0v) is 15.6. The van der Waals surface area contributed by atoms with Crippen molar-refractivity contribution in [2.24, 2.45) is 0 Å². The van der Waals surface area contributed by atoms with Gasteiger partial charge in [0.2, 0.25) is 0 Å². The Morgan fingerprint density at radius 2 is 2.07 bits per heavy atom. The minimum atomic E-state index is -0.632. The molecule has 0 saturated carbocycles. The normalized spacial score (nSPS) is 12.0. The van der Waals surface area contributed by atoms with Crippen LogP contribution >= 0.6 is 0 Å². The number of rotatable bonds is 7. The van der Waals surface area contributed by atoms with E-state index in [1.165, 1.54) is 0 Å². The highest BCUT2D eigenvalue weighted by atomic mass is 16.3. The molecule has 1 atom stereocenters. The largest absolute Gasteiger partial charge is 0.387 e. The zero-order chi connectivity index (χ0) is 19.2. The SMILES string of the molecule is CCc1nccn1CCNC(=O)c1cccc(-c2cccc(C(C)O)n2)c1. The summed E-state index contributed by atoms with van der Waals surface area (Å²) in [5.41, 5.74) is 2.76. The number of carbonyl (C=O) groups excluding carboxylic acids is 1. The van der Waals surface area contributed by atoms with Crippen molar-refractivity contribution >= 4 is 5.91 Å². The molecule has 2 aromatic heterocycles. The fourth-order valence-electron chi connectivity index (χ4n) is 2.91. The highest BCUT2D eigenvalue weighted by Gasteiger charge is 2.09. The molecule has 6 nitrogen and oxygen atoms in total. The number of imidazole rings is 1. The van der Waals surface area contributed by atoms with Crippen molar-refractivity contribution < 1.29 is 9.90 Å². The van der Waals surface area contributed by atoms with Gasteiger partial charge in [-0.3, -0.25) is 9.78 Å². The lowest BCUT2D eigenvalue weighted by atomic mass is 10.1. The van der Waals surface area contributed by atoms with Gasteiger partial charge in [0.1, 0.15) is 5.82 Å². The minimum absolute atomic E-state index is 0.123. The third-order valence-electron chi connectivity index (χ3n) is 4.38. The van der Waals surface area contributed by atoms with Crippen molar-refractivity contribution in [2.45, 2.75) is 32.9 Å². The van der Waals surface area contributed by atoms with E-state index in [0.29, 0.717) is 24.3 Å². The molecule has 0 fully saturated rings. The second kappa shape index (κ2) is 8.60. The number of aliphatic hydroxyl groups excluding tert-OH is 1. The molecule has 2 heterocycles. The van der Waals surface area contributed by atoms with Crippen molar-refractivity contribution in [1.29, 1.82) is 0 Å². The monoisotopic (exact) mass is 364 g/mol. The van der Waals surface area contributed by atoms with E-state index in [1.54, 1.807) is 25.3 Å². The maximum atomic E-state index is 12.5. The molecule has 0 radical (unpaired) electrons. The average molecular weight is 364 g/mol. The Kier molecular flexibility index (Phi) is 5.98. The van der Waals surface area contributed by atoms with Crippen LogP contribution in [0.15, 0.2) is 54.9 Å². The van der Waals surface area contributed by atoms with Gasteiger partial charge in [0.05, 0.1) is 17.5 Å². The van der Waals surface area contributed by atoms with Crippen molar-refractivity contribution in [3.05, 3.63) is 71.9 Å². The Labute approximate surface area is 158 Å². The molecule has 6 heteroatoms. The average Bonchev–Trinajstić information content (AvgIpc) is 3.15. The Morgan fingerprint density at radius 1 is 1.26 bits per heavy atom. The van der Waals surface area contributed by atoms with Crippen LogP contribution in [0.3, 0.4) is 0 Å². The maximum Gasteiger partial charge on any atom is 0.251 e. The number of amides is 1. The molecule has 0 bridgehead atoms. The highest BCUT2D eigenvalue weighted by Crippen LogP contribution is 2.20. The number of aryl methyl sites for hydroxylation is 1. The van der Waals surface area contributed by atoms with Crippen LogP contribution in [0.4, 0.5) is 0 Å². The lowest BCUT2D eigenvalue weighted by Crippen LogP contribution is -2.27. The van der Waals surface area contributed by atoms with Crippen molar-refractivity contribution in [3.8, 4) is 11.3 Å². The summed E-state index contributed by atoms with van der Waals surface area (Å²) in [4.78, 5) is 21.2. The minimum Gasteiger partial charge on any atom is -0.387 e. The molecule has 0 spiro atoms. The van der Waals surface area contributed by atoms with Crippen LogP contribution in [-0.4, -0.2) is 32.1 Å². The van der Waals surface area contributed by atoms with Crippen LogP contribution in [0.5, 0.6) is 0 Å². The van der Waals surface area contributed by atoms with Gasteiger partial charge in [0.15, 0.2) is 0 Å². The fraction of sp³-hybridized carbons (Fsp3) is 0.286. The molecule has 1 unspecified atom stereocenters. The summed E-state index contributed by atoms with van der Waals surface area (Å²) in [5, 5.41) is 12.7. The summed E-state index contributed by atoms with van der Waals surface area (Å²) >= 11 is 0. The molecule has 140 valence electrons. The summed E-state index contributed by atoms with van der Waals surface area (Å²) in [6.45, 7) is 4.96. The number of hydrogen-bond donors (Lipinski definition) is 2. The predicted octanol–water partition coefficient (Wildman–Crippen LogP) is 2.99. The molecular weight excluding hydrogens is 340 g/mol.